The monoisotopic (exact) mass is 854 g/mol. The summed E-state index contributed by atoms with van der Waals surface area (Å²) in [6, 6.07) is 7.55. The molecule has 6 rings (SSSR count). The SMILES string of the molecule is CN(CCCCNC(=O)CCCC(=O)NC12CNCCNCC(C)(CNCCNC1)CNCCNC2)c1ccc2nccc(C(=O)NCC(=O)N3CC(F)(F)C[C@H]3C#N)c2c1. The number of rotatable bonds is 14. The molecule has 5 heterocycles. The van der Waals surface area contributed by atoms with E-state index in [1.807, 2.05) is 24.1 Å². The normalized spacial score (nSPS) is 23.9. The summed E-state index contributed by atoms with van der Waals surface area (Å²) < 4.78 is 27.7. The van der Waals surface area contributed by atoms with E-state index in [0.29, 0.717) is 50.0 Å². The number of pyridine rings is 1. The van der Waals surface area contributed by atoms with Crippen LogP contribution in [0.5, 0.6) is 0 Å². The molecule has 4 amide bonds. The van der Waals surface area contributed by atoms with Crippen LogP contribution in [0.1, 0.15) is 55.8 Å². The van der Waals surface area contributed by atoms with Crippen molar-refractivity contribution in [3.05, 3.63) is 36.0 Å². The van der Waals surface area contributed by atoms with Crippen LogP contribution in [0.3, 0.4) is 0 Å². The Morgan fingerprint density at radius 2 is 1.46 bits per heavy atom. The van der Waals surface area contributed by atoms with Crippen molar-refractivity contribution in [2.24, 2.45) is 5.41 Å². The molecule has 0 unspecified atom stereocenters. The summed E-state index contributed by atoms with van der Waals surface area (Å²) in [5.74, 6) is -4.64. The fourth-order valence-electron chi connectivity index (χ4n) is 8.00. The zero-order valence-electron chi connectivity index (χ0n) is 35.7. The Morgan fingerprint density at radius 3 is 2.08 bits per heavy atom. The molecular weight excluding hydrogens is 789 g/mol. The smallest absolute Gasteiger partial charge is 0.268 e. The van der Waals surface area contributed by atoms with Gasteiger partial charge in [0.05, 0.1) is 35.8 Å². The first-order valence-electron chi connectivity index (χ1n) is 21.6. The van der Waals surface area contributed by atoms with Gasteiger partial charge in [0.15, 0.2) is 0 Å². The number of carbonyl (C=O) groups is 4. The van der Waals surface area contributed by atoms with Gasteiger partial charge in [-0.15, -0.1) is 0 Å². The Kier molecular flexibility index (Phi) is 17.9. The topological polar surface area (TPSA) is 220 Å². The number of anilines is 1. The second-order valence-electron chi connectivity index (χ2n) is 17.0. The van der Waals surface area contributed by atoms with Crippen LogP contribution in [0.4, 0.5) is 14.5 Å². The first-order chi connectivity index (χ1) is 29.3. The molecule has 2 aromatic rings. The maximum atomic E-state index is 13.8. The van der Waals surface area contributed by atoms with Crippen LogP contribution in [-0.4, -0.2) is 163 Å². The average Bonchev–Trinajstić information content (AvgIpc) is 3.56. The number of carbonyl (C=O) groups excluding carboxylic acids is 4. The molecule has 0 saturated carbocycles. The number of halogens is 2. The molecule has 0 aliphatic carbocycles. The molecule has 4 aliphatic rings. The summed E-state index contributed by atoms with van der Waals surface area (Å²) in [4.78, 5) is 59.0. The predicted octanol–water partition coefficient (Wildman–Crippen LogP) is -0.347. The Labute approximate surface area is 357 Å². The molecule has 0 radical (unpaired) electrons. The lowest BCUT2D eigenvalue weighted by molar-refractivity contribution is -0.131. The van der Waals surface area contributed by atoms with Gasteiger partial charge in [-0.3, -0.25) is 24.2 Å². The number of fused-ring (bicyclic) bond motifs is 16. The molecule has 9 N–H and O–H groups in total. The number of benzene rings is 1. The minimum Gasteiger partial charge on any atom is -0.375 e. The lowest BCUT2D eigenvalue weighted by Gasteiger charge is -2.37. The maximum Gasteiger partial charge on any atom is 0.268 e. The Hall–Kier alpha value is -4.58. The molecule has 336 valence electrons. The number of nitriles is 1. The van der Waals surface area contributed by atoms with E-state index in [1.54, 1.807) is 12.1 Å². The van der Waals surface area contributed by atoms with Crippen molar-refractivity contribution in [3.8, 4) is 6.07 Å². The van der Waals surface area contributed by atoms with E-state index in [-0.39, 0.29) is 35.6 Å². The first kappa shape index (κ1) is 47.5. The van der Waals surface area contributed by atoms with E-state index in [2.05, 4.69) is 59.8 Å². The van der Waals surface area contributed by atoms with Crippen LogP contribution in [0, 0.1) is 16.7 Å². The lowest BCUT2D eigenvalue weighted by atomic mass is 9.90. The molecule has 61 heavy (non-hydrogen) atoms. The Bertz CT molecular complexity index is 1790. The highest BCUT2D eigenvalue weighted by molar-refractivity contribution is 6.07. The third kappa shape index (κ3) is 14.8. The number of hydrogen-bond acceptors (Lipinski definition) is 13. The van der Waals surface area contributed by atoms with E-state index < -0.39 is 48.8 Å². The Balaban J connectivity index is 1.03. The first-order valence-corrected chi connectivity index (χ1v) is 21.6. The van der Waals surface area contributed by atoms with E-state index in [4.69, 9.17) is 0 Å². The molecule has 17 nitrogen and oxygen atoms in total. The van der Waals surface area contributed by atoms with Crippen molar-refractivity contribution in [2.45, 2.75) is 63.0 Å². The maximum absolute atomic E-state index is 13.8. The van der Waals surface area contributed by atoms with Gasteiger partial charge in [0.25, 0.3) is 11.8 Å². The molecule has 1 atom stereocenters. The fraction of sp³-hybridized carbons (Fsp3) is 0.667. The average molecular weight is 854 g/mol. The zero-order valence-corrected chi connectivity index (χ0v) is 35.7. The molecule has 4 aliphatic heterocycles. The molecule has 4 saturated heterocycles. The number of unbranched alkanes of at least 4 members (excludes halogenated alkanes) is 1. The van der Waals surface area contributed by atoms with Gasteiger partial charge in [0.1, 0.15) is 6.04 Å². The van der Waals surface area contributed by atoms with Gasteiger partial charge in [-0.2, -0.15) is 5.26 Å². The van der Waals surface area contributed by atoms with Gasteiger partial charge >= 0.3 is 0 Å². The molecule has 19 heteroatoms. The van der Waals surface area contributed by atoms with Crippen LogP contribution in [0.25, 0.3) is 10.9 Å². The standard InChI is InChI=1S/C42H65F2N13O4/c1-40-24-46-13-16-49-27-41(28-50-17-14-47-25-40,29-51-18-15-48-26-40)55-37(59)7-5-6-36(58)53-11-3-4-19-56(2)31-8-9-35-34(20-31)33(10-12-52-35)39(61)54-23-38(60)57-30-42(43,44)21-32(57)22-45/h8-10,12,20,32,46-51H,3-7,11,13-19,21,23-30H2,1-2H3,(H,53,58)(H,54,61)(H,55,59)/t32-,40?,41?/m0/s1. The second kappa shape index (κ2) is 23.0. The summed E-state index contributed by atoms with van der Waals surface area (Å²) in [5.41, 5.74) is 1.23. The summed E-state index contributed by atoms with van der Waals surface area (Å²) >= 11 is 0. The number of alkyl halides is 2. The van der Waals surface area contributed by atoms with E-state index in [1.165, 1.54) is 12.3 Å². The van der Waals surface area contributed by atoms with Crippen LogP contribution < -0.4 is 52.8 Å². The van der Waals surface area contributed by atoms with Gasteiger partial charge in [-0.1, -0.05) is 6.92 Å². The number of nitrogens with zero attached hydrogens (tertiary/aromatic N) is 4. The quantitative estimate of drug-likeness (QED) is 0.111. The van der Waals surface area contributed by atoms with Gasteiger partial charge < -0.3 is 57.7 Å². The fourth-order valence-corrected chi connectivity index (χ4v) is 8.00. The molecule has 4 fully saturated rings. The van der Waals surface area contributed by atoms with Crippen molar-refractivity contribution >= 4 is 40.2 Å². The number of nitrogens with one attached hydrogen (secondary N) is 9. The summed E-state index contributed by atoms with van der Waals surface area (Å²) in [6.45, 7) is 11.4. The van der Waals surface area contributed by atoms with Crippen molar-refractivity contribution in [1.29, 1.82) is 5.26 Å². The highest BCUT2D eigenvalue weighted by Crippen LogP contribution is 2.31. The highest BCUT2D eigenvalue weighted by Gasteiger charge is 2.47. The molecule has 0 spiro atoms. The largest absolute Gasteiger partial charge is 0.375 e. The van der Waals surface area contributed by atoms with Crippen LogP contribution in [0.15, 0.2) is 30.5 Å². The lowest BCUT2D eigenvalue weighted by Crippen LogP contribution is -2.66. The van der Waals surface area contributed by atoms with Crippen LogP contribution in [-0.2, 0) is 14.4 Å². The second-order valence-corrected chi connectivity index (χ2v) is 17.0. The number of likely N-dealkylation sites (tertiary alicyclic amines) is 1. The molecule has 2 bridgehead atoms. The van der Waals surface area contributed by atoms with E-state index in [0.717, 1.165) is 82.3 Å². The summed E-state index contributed by atoms with van der Waals surface area (Å²) in [7, 11) is 1.92. The van der Waals surface area contributed by atoms with Gasteiger partial charge in [0, 0.05) is 141 Å². The zero-order chi connectivity index (χ0) is 43.7. The number of hydrogen-bond donors (Lipinski definition) is 9. The van der Waals surface area contributed by atoms with Gasteiger partial charge in [0.2, 0.25) is 17.7 Å². The molecule has 1 aromatic carbocycles. The highest BCUT2D eigenvalue weighted by atomic mass is 19.3. The van der Waals surface area contributed by atoms with Crippen LogP contribution >= 0.6 is 0 Å². The van der Waals surface area contributed by atoms with E-state index in [9.17, 15) is 33.2 Å². The van der Waals surface area contributed by atoms with Crippen molar-refractivity contribution in [2.75, 3.05) is 117 Å². The Morgan fingerprint density at radius 1 is 0.852 bits per heavy atom. The van der Waals surface area contributed by atoms with Crippen molar-refractivity contribution in [1.82, 2.24) is 57.7 Å². The predicted molar refractivity (Wildman–Crippen MR) is 230 cm³/mol. The van der Waals surface area contributed by atoms with Crippen molar-refractivity contribution in [3.63, 3.8) is 0 Å². The molecular formula is C42H65F2N13O4. The van der Waals surface area contributed by atoms with Crippen molar-refractivity contribution < 1.29 is 28.0 Å². The number of aromatic nitrogens is 1. The van der Waals surface area contributed by atoms with Crippen LogP contribution in [0.2, 0.25) is 0 Å². The molecule has 1 aromatic heterocycles. The third-order valence-corrected chi connectivity index (χ3v) is 11.5. The third-order valence-electron chi connectivity index (χ3n) is 11.5. The minimum absolute atomic E-state index is 0.0807. The van der Waals surface area contributed by atoms with Gasteiger partial charge in [-0.25, -0.2) is 8.78 Å². The minimum atomic E-state index is -3.15. The van der Waals surface area contributed by atoms with E-state index >= 15 is 0 Å². The summed E-state index contributed by atoms with van der Waals surface area (Å²) in [6.07, 6.45) is 3.20. The number of amides is 4. The van der Waals surface area contributed by atoms with Gasteiger partial charge in [-0.05, 0) is 43.5 Å². The summed E-state index contributed by atoms with van der Waals surface area (Å²) in [5, 5.41) is 40.0.